The number of carbonyl (C=O) groups excluding carboxylic acids is 1. The Labute approximate surface area is 144 Å². The van der Waals surface area contributed by atoms with Gasteiger partial charge in [0.15, 0.2) is 0 Å². The van der Waals surface area contributed by atoms with Gasteiger partial charge in [-0.2, -0.15) is 0 Å². The van der Waals surface area contributed by atoms with E-state index in [-0.39, 0.29) is 11.8 Å². The van der Waals surface area contributed by atoms with Crippen LogP contribution < -0.4 is 9.80 Å². The standard InChI is InChI=1S/C18H29N5O/c1-13(2)18(24)22-9-7-15(8-10-22)23(14-5-6-14)17-11-16(21(3)4)19-12-20-17/h11-15H,5-10H2,1-4H3. The predicted octanol–water partition coefficient (Wildman–Crippen LogP) is 2.16. The molecule has 1 aliphatic carbocycles. The Morgan fingerprint density at radius 2 is 1.67 bits per heavy atom. The van der Waals surface area contributed by atoms with Crippen molar-refractivity contribution in [1.82, 2.24) is 14.9 Å². The number of hydrogen-bond donors (Lipinski definition) is 0. The average molecular weight is 331 g/mol. The van der Waals surface area contributed by atoms with Crippen LogP contribution in [-0.4, -0.2) is 60.0 Å². The summed E-state index contributed by atoms with van der Waals surface area (Å²) >= 11 is 0. The van der Waals surface area contributed by atoms with Crippen molar-refractivity contribution in [3.63, 3.8) is 0 Å². The second-order valence-corrected chi connectivity index (χ2v) is 7.48. The van der Waals surface area contributed by atoms with Crippen molar-refractivity contribution in [2.75, 3.05) is 37.0 Å². The lowest BCUT2D eigenvalue weighted by atomic mass is 10.0. The molecular weight excluding hydrogens is 302 g/mol. The molecule has 0 unspecified atom stereocenters. The molecule has 1 amide bonds. The molecule has 1 aliphatic heterocycles. The fraction of sp³-hybridized carbons (Fsp3) is 0.722. The Balaban J connectivity index is 1.72. The number of aromatic nitrogens is 2. The third-order valence-corrected chi connectivity index (χ3v) is 4.96. The van der Waals surface area contributed by atoms with E-state index >= 15 is 0 Å². The zero-order chi connectivity index (χ0) is 17.3. The van der Waals surface area contributed by atoms with Crippen LogP contribution in [0.15, 0.2) is 12.4 Å². The lowest BCUT2D eigenvalue weighted by Crippen LogP contribution is -2.48. The maximum atomic E-state index is 12.2. The highest BCUT2D eigenvalue weighted by atomic mass is 16.2. The van der Waals surface area contributed by atoms with Crippen molar-refractivity contribution in [2.24, 2.45) is 5.92 Å². The maximum absolute atomic E-state index is 12.2. The number of amides is 1. The zero-order valence-corrected chi connectivity index (χ0v) is 15.3. The molecule has 2 heterocycles. The molecule has 1 aromatic rings. The molecule has 3 rings (SSSR count). The SMILES string of the molecule is CC(C)C(=O)N1CCC(N(c2cc(N(C)C)ncn2)C2CC2)CC1. The van der Waals surface area contributed by atoms with Gasteiger partial charge in [0.2, 0.25) is 5.91 Å². The van der Waals surface area contributed by atoms with Gasteiger partial charge in [0, 0.05) is 51.3 Å². The van der Waals surface area contributed by atoms with Gasteiger partial charge >= 0.3 is 0 Å². The van der Waals surface area contributed by atoms with E-state index < -0.39 is 0 Å². The van der Waals surface area contributed by atoms with Crippen LogP contribution in [-0.2, 0) is 4.79 Å². The van der Waals surface area contributed by atoms with Crippen molar-refractivity contribution in [2.45, 2.75) is 51.6 Å². The number of hydrogen-bond acceptors (Lipinski definition) is 5. The van der Waals surface area contributed by atoms with Crippen LogP contribution >= 0.6 is 0 Å². The van der Waals surface area contributed by atoms with Crippen LogP contribution in [0.2, 0.25) is 0 Å². The van der Waals surface area contributed by atoms with Crippen molar-refractivity contribution in [3.05, 3.63) is 12.4 Å². The number of carbonyl (C=O) groups is 1. The molecular formula is C18H29N5O. The van der Waals surface area contributed by atoms with Crippen LogP contribution in [0.1, 0.15) is 39.5 Å². The van der Waals surface area contributed by atoms with E-state index in [1.807, 2.05) is 37.7 Å². The second kappa shape index (κ2) is 6.95. The van der Waals surface area contributed by atoms with E-state index in [0.29, 0.717) is 12.1 Å². The van der Waals surface area contributed by atoms with Crippen LogP contribution in [0.4, 0.5) is 11.6 Å². The van der Waals surface area contributed by atoms with E-state index in [4.69, 9.17) is 0 Å². The number of nitrogens with zero attached hydrogens (tertiary/aromatic N) is 5. The highest BCUT2D eigenvalue weighted by molar-refractivity contribution is 5.78. The minimum atomic E-state index is 0.0885. The lowest BCUT2D eigenvalue weighted by Gasteiger charge is -2.40. The second-order valence-electron chi connectivity index (χ2n) is 7.48. The highest BCUT2D eigenvalue weighted by Gasteiger charge is 2.37. The molecule has 0 spiro atoms. The quantitative estimate of drug-likeness (QED) is 0.827. The molecule has 1 saturated carbocycles. The molecule has 0 bridgehead atoms. The summed E-state index contributed by atoms with van der Waals surface area (Å²) in [5, 5.41) is 0. The van der Waals surface area contributed by atoms with Gasteiger partial charge in [-0.1, -0.05) is 13.8 Å². The van der Waals surface area contributed by atoms with Gasteiger partial charge in [-0.15, -0.1) is 0 Å². The lowest BCUT2D eigenvalue weighted by molar-refractivity contribution is -0.135. The van der Waals surface area contributed by atoms with Gasteiger partial charge in [-0.25, -0.2) is 9.97 Å². The summed E-state index contributed by atoms with van der Waals surface area (Å²) in [5.41, 5.74) is 0. The van der Waals surface area contributed by atoms with Gasteiger partial charge in [-0.3, -0.25) is 4.79 Å². The minimum absolute atomic E-state index is 0.0885. The van der Waals surface area contributed by atoms with Crippen LogP contribution in [0, 0.1) is 5.92 Å². The minimum Gasteiger partial charge on any atom is -0.363 e. The molecule has 132 valence electrons. The number of rotatable bonds is 5. The van der Waals surface area contributed by atoms with Crippen molar-refractivity contribution >= 4 is 17.5 Å². The summed E-state index contributed by atoms with van der Waals surface area (Å²) in [6, 6.07) is 3.16. The smallest absolute Gasteiger partial charge is 0.225 e. The van der Waals surface area contributed by atoms with Gasteiger partial charge in [0.25, 0.3) is 0 Å². The molecule has 1 aromatic heterocycles. The van der Waals surface area contributed by atoms with Gasteiger partial charge < -0.3 is 14.7 Å². The molecule has 0 radical (unpaired) electrons. The largest absolute Gasteiger partial charge is 0.363 e. The Kier molecular flexibility index (Phi) is 4.92. The Morgan fingerprint density at radius 1 is 1.08 bits per heavy atom. The third kappa shape index (κ3) is 3.62. The molecule has 6 heteroatoms. The van der Waals surface area contributed by atoms with Crippen molar-refractivity contribution in [3.8, 4) is 0 Å². The Hall–Kier alpha value is -1.85. The molecule has 1 saturated heterocycles. The van der Waals surface area contributed by atoms with Crippen LogP contribution in [0.25, 0.3) is 0 Å². The highest BCUT2D eigenvalue weighted by Crippen LogP contribution is 2.36. The molecule has 6 nitrogen and oxygen atoms in total. The molecule has 0 aromatic carbocycles. The van der Waals surface area contributed by atoms with Crippen LogP contribution in [0.3, 0.4) is 0 Å². The zero-order valence-electron chi connectivity index (χ0n) is 15.3. The maximum Gasteiger partial charge on any atom is 0.225 e. The number of piperidine rings is 1. The van der Waals surface area contributed by atoms with E-state index in [1.54, 1.807) is 6.33 Å². The first kappa shape index (κ1) is 17.0. The van der Waals surface area contributed by atoms with Gasteiger partial charge in [0.05, 0.1) is 0 Å². The summed E-state index contributed by atoms with van der Waals surface area (Å²) < 4.78 is 0. The fourth-order valence-corrected chi connectivity index (χ4v) is 3.48. The molecule has 0 N–H and O–H groups in total. The fourth-order valence-electron chi connectivity index (χ4n) is 3.48. The summed E-state index contributed by atoms with van der Waals surface area (Å²) in [6.45, 7) is 5.68. The summed E-state index contributed by atoms with van der Waals surface area (Å²) in [7, 11) is 4.01. The monoisotopic (exact) mass is 331 g/mol. The Morgan fingerprint density at radius 3 is 2.21 bits per heavy atom. The first-order valence-electron chi connectivity index (χ1n) is 9.04. The third-order valence-electron chi connectivity index (χ3n) is 4.96. The predicted molar refractivity (Wildman–Crippen MR) is 96.3 cm³/mol. The number of anilines is 2. The van der Waals surface area contributed by atoms with E-state index in [1.165, 1.54) is 12.8 Å². The normalized spacial score (nSPS) is 18.8. The molecule has 0 atom stereocenters. The first-order chi connectivity index (χ1) is 11.5. The molecule has 2 fully saturated rings. The first-order valence-corrected chi connectivity index (χ1v) is 9.04. The summed E-state index contributed by atoms with van der Waals surface area (Å²) in [5.74, 6) is 2.34. The van der Waals surface area contributed by atoms with E-state index in [0.717, 1.165) is 37.6 Å². The average Bonchev–Trinajstić information content (AvgIpc) is 3.40. The van der Waals surface area contributed by atoms with E-state index in [9.17, 15) is 4.79 Å². The van der Waals surface area contributed by atoms with Gasteiger partial charge in [0.1, 0.15) is 18.0 Å². The molecule has 2 aliphatic rings. The summed E-state index contributed by atoms with van der Waals surface area (Å²) in [6.07, 6.45) is 6.20. The topological polar surface area (TPSA) is 52.6 Å². The van der Waals surface area contributed by atoms with E-state index in [2.05, 4.69) is 20.9 Å². The molecule has 24 heavy (non-hydrogen) atoms. The van der Waals surface area contributed by atoms with Gasteiger partial charge in [-0.05, 0) is 25.7 Å². The van der Waals surface area contributed by atoms with Crippen molar-refractivity contribution in [1.29, 1.82) is 0 Å². The van der Waals surface area contributed by atoms with Crippen LogP contribution in [0.5, 0.6) is 0 Å². The summed E-state index contributed by atoms with van der Waals surface area (Å²) in [4.78, 5) is 27.6. The number of likely N-dealkylation sites (tertiary alicyclic amines) is 1. The Bertz CT molecular complexity index is 577. The van der Waals surface area contributed by atoms with Crippen molar-refractivity contribution < 1.29 is 4.79 Å².